The fourth-order valence-corrected chi connectivity index (χ4v) is 3.01. The van der Waals surface area contributed by atoms with Crippen LogP contribution in [-0.4, -0.2) is 42.5 Å². The molecule has 1 aliphatic carbocycles. The minimum atomic E-state index is -0.170. The Morgan fingerprint density at radius 1 is 1.19 bits per heavy atom. The highest BCUT2D eigenvalue weighted by Crippen LogP contribution is 2.23. The Labute approximate surface area is 97.6 Å². The van der Waals surface area contributed by atoms with Crippen LogP contribution >= 0.6 is 0 Å². The second-order valence-corrected chi connectivity index (χ2v) is 5.01. The van der Waals surface area contributed by atoms with Crippen LogP contribution in [0.2, 0.25) is 0 Å². The van der Waals surface area contributed by atoms with Crippen LogP contribution in [0.15, 0.2) is 0 Å². The van der Waals surface area contributed by atoms with E-state index in [-0.39, 0.29) is 11.9 Å². The van der Waals surface area contributed by atoms with Crippen molar-refractivity contribution >= 4 is 5.91 Å². The summed E-state index contributed by atoms with van der Waals surface area (Å²) in [4.78, 5) is 13.8. The molecular weight excluding hydrogens is 202 g/mol. The molecule has 0 aromatic heterocycles. The number of amides is 1. The highest BCUT2D eigenvalue weighted by molar-refractivity contribution is 5.80. The molecular formula is C12H23N3O. The number of hydrogen-bond donors (Lipinski definition) is 2. The highest BCUT2D eigenvalue weighted by atomic mass is 16.1. The van der Waals surface area contributed by atoms with Gasteiger partial charge in [0.05, 0.1) is 0 Å². The number of nitrogens with one attached hydrogen (secondary N) is 1. The van der Waals surface area contributed by atoms with Crippen LogP contribution in [0.1, 0.15) is 38.5 Å². The molecule has 1 heterocycles. The fraction of sp³-hybridized carbons (Fsp3) is 0.917. The Bertz CT molecular complexity index is 236. The summed E-state index contributed by atoms with van der Waals surface area (Å²) < 4.78 is 0. The molecule has 92 valence electrons. The fourth-order valence-electron chi connectivity index (χ4n) is 3.01. The lowest BCUT2D eigenvalue weighted by molar-refractivity contribution is -0.125. The van der Waals surface area contributed by atoms with Crippen molar-refractivity contribution in [1.29, 1.82) is 0 Å². The van der Waals surface area contributed by atoms with E-state index in [1.807, 2.05) is 0 Å². The van der Waals surface area contributed by atoms with Crippen molar-refractivity contribution in [3.63, 3.8) is 0 Å². The number of nitrogens with two attached hydrogens (primary N) is 1. The topological polar surface area (TPSA) is 58.4 Å². The number of hydrogen-bond acceptors (Lipinski definition) is 3. The molecule has 1 saturated heterocycles. The Morgan fingerprint density at radius 3 is 2.50 bits per heavy atom. The third kappa shape index (κ3) is 2.74. The summed E-state index contributed by atoms with van der Waals surface area (Å²) in [6, 6.07) is 0.499. The summed E-state index contributed by atoms with van der Waals surface area (Å²) in [5.41, 5.74) is 5.48. The zero-order valence-corrected chi connectivity index (χ0v) is 9.95. The van der Waals surface area contributed by atoms with Crippen molar-refractivity contribution in [2.45, 2.75) is 50.6 Å². The van der Waals surface area contributed by atoms with Crippen LogP contribution in [0.3, 0.4) is 0 Å². The highest BCUT2D eigenvalue weighted by Gasteiger charge is 2.32. The number of primary amides is 1. The van der Waals surface area contributed by atoms with E-state index in [1.165, 1.54) is 38.5 Å². The van der Waals surface area contributed by atoms with Gasteiger partial charge in [-0.25, -0.2) is 0 Å². The van der Waals surface area contributed by atoms with Gasteiger partial charge in [0, 0.05) is 25.7 Å². The van der Waals surface area contributed by atoms with E-state index in [0.717, 1.165) is 19.6 Å². The van der Waals surface area contributed by atoms with Gasteiger partial charge in [-0.15, -0.1) is 0 Å². The van der Waals surface area contributed by atoms with Gasteiger partial charge >= 0.3 is 0 Å². The smallest absolute Gasteiger partial charge is 0.236 e. The van der Waals surface area contributed by atoms with E-state index in [4.69, 9.17) is 5.73 Å². The predicted molar refractivity (Wildman–Crippen MR) is 64.0 cm³/mol. The van der Waals surface area contributed by atoms with E-state index < -0.39 is 0 Å². The zero-order valence-electron chi connectivity index (χ0n) is 9.95. The van der Waals surface area contributed by atoms with E-state index in [0.29, 0.717) is 6.04 Å². The molecule has 16 heavy (non-hydrogen) atoms. The standard InChI is InChI=1S/C12H23N3O/c13-12(16)11-9-14-7-8-15(11)10-5-3-1-2-4-6-10/h10-11,14H,1-9H2,(H2,13,16). The average molecular weight is 225 g/mol. The van der Waals surface area contributed by atoms with Crippen LogP contribution < -0.4 is 11.1 Å². The SMILES string of the molecule is NC(=O)C1CNCCN1C1CCCCCC1. The Kier molecular flexibility index (Phi) is 4.18. The second kappa shape index (κ2) is 5.64. The third-order valence-electron chi connectivity index (χ3n) is 3.91. The van der Waals surface area contributed by atoms with Gasteiger partial charge in [0.1, 0.15) is 6.04 Å². The molecule has 0 spiro atoms. The first-order valence-electron chi connectivity index (χ1n) is 6.55. The first-order chi connectivity index (χ1) is 7.79. The summed E-state index contributed by atoms with van der Waals surface area (Å²) in [5.74, 6) is -0.170. The van der Waals surface area contributed by atoms with E-state index in [2.05, 4.69) is 10.2 Å². The van der Waals surface area contributed by atoms with E-state index >= 15 is 0 Å². The third-order valence-corrected chi connectivity index (χ3v) is 3.91. The first-order valence-corrected chi connectivity index (χ1v) is 6.55. The monoisotopic (exact) mass is 225 g/mol. The lowest BCUT2D eigenvalue weighted by Crippen LogP contribution is -2.59. The summed E-state index contributed by atoms with van der Waals surface area (Å²) >= 11 is 0. The average Bonchev–Trinajstić information content (AvgIpc) is 2.57. The number of nitrogens with zero attached hydrogens (tertiary/aromatic N) is 1. The van der Waals surface area contributed by atoms with Crippen LogP contribution in [-0.2, 0) is 4.79 Å². The molecule has 0 radical (unpaired) electrons. The number of carbonyl (C=O) groups excluding carboxylic acids is 1. The molecule has 4 heteroatoms. The summed E-state index contributed by atoms with van der Waals surface area (Å²) in [6.07, 6.45) is 7.79. The van der Waals surface area contributed by atoms with Gasteiger partial charge in [-0.05, 0) is 12.8 Å². The van der Waals surface area contributed by atoms with Gasteiger partial charge < -0.3 is 11.1 Å². The molecule has 0 aromatic carbocycles. The zero-order chi connectivity index (χ0) is 11.4. The normalized spacial score (nSPS) is 29.9. The van der Waals surface area contributed by atoms with Crippen LogP contribution in [0, 0.1) is 0 Å². The molecule has 3 N–H and O–H groups in total. The molecule has 0 aromatic rings. The molecule has 1 aliphatic heterocycles. The Hall–Kier alpha value is -0.610. The molecule has 2 fully saturated rings. The van der Waals surface area contributed by atoms with Crippen LogP contribution in [0.5, 0.6) is 0 Å². The summed E-state index contributed by atoms with van der Waals surface area (Å²) in [6.45, 7) is 2.68. The van der Waals surface area contributed by atoms with Gasteiger partial charge in [0.2, 0.25) is 5.91 Å². The number of carbonyl (C=O) groups is 1. The lowest BCUT2D eigenvalue weighted by Gasteiger charge is -2.39. The maximum absolute atomic E-state index is 11.4. The van der Waals surface area contributed by atoms with Gasteiger partial charge in [-0.3, -0.25) is 9.69 Å². The van der Waals surface area contributed by atoms with E-state index in [9.17, 15) is 4.79 Å². The molecule has 2 rings (SSSR count). The largest absolute Gasteiger partial charge is 0.368 e. The second-order valence-electron chi connectivity index (χ2n) is 5.01. The minimum absolute atomic E-state index is 0.0863. The van der Waals surface area contributed by atoms with Gasteiger partial charge in [0.25, 0.3) is 0 Å². The van der Waals surface area contributed by atoms with Crippen LogP contribution in [0.25, 0.3) is 0 Å². The van der Waals surface area contributed by atoms with Crippen molar-refractivity contribution in [3.05, 3.63) is 0 Å². The Morgan fingerprint density at radius 2 is 1.88 bits per heavy atom. The van der Waals surface area contributed by atoms with E-state index in [1.54, 1.807) is 0 Å². The number of rotatable bonds is 2. The number of piperazine rings is 1. The molecule has 2 aliphatic rings. The summed E-state index contributed by atoms with van der Waals surface area (Å²) in [7, 11) is 0. The molecule has 1 atom stereocenters. The quantitative estimate of drug-likeness (QED) is 0.672. The molecule has 1 amide bonds. The predicted octanol–water partition coefficient (Wildman–Crippen LogP) is 0.468. The lowest BCUT2D eigenvalue weighted by atomic mass is 10.0. The summed E-state index contributed by atoms with van der Waals surface area (Å²) in [5, 5.41) is 3.26. The van der Waals surface area contributed by atoms with Crippen molar-refractivity contribution in [3.8, 4) is 0 Å². The van der Waals surface area contributed by atoms with Gasteiger partial charge in [-0.2, -0.15) is 0 Å². The molecule has 4 nitrogen and oxygen atoms in total. The van der Waals surface area contributed by atoms with Crippen molar-refractivity contribution in [2.24, 2.45) is 5.73 Å². The minimum Gasteiger partial charge on any atom is -0.368 e. The molecule has 0 bridgehead atoms. The van der Waals surface area contributed by atoms with Gasteiger partial charge in [0.15, 0.2) is 0 Å². The first kappa shape index (κ1) is 11.9. The van der Waals surface area contributed by atoms with Crippen LogP contribution in [0.4, 0.5) is 0 Å². The van der Waals surface area contributed by atoms with Crippen molar-refractivity contribution in [2.75, 3.05) is 19.6 Å². The molecule has 1 saturated carbocycles. The van der Waals surface area contributed by atoms with Gasteiger partial charge in [-0.1, -0.05) is 25.7 Å². The Balaban J connectivity index is 2.00. The molecule has 1 unspecified atom stereocenters. The van der Waals surface area contributed by atoms with Crippen molar-refractivity contribution < 1.29 is 4.79 Å². The van der Waals surface area contributed by atoms with Crippen molar-refractivity contribution in [1.82, 2.24) is 10.2 Å². The maximum atomic E-state index is 11.4. The maximum Gasteiger partial charge on any atom is 0.236 e.